The van der Waals surface area contributed by atoms with Crippen molar-refractivity contribution in [3.05, 3.63) is 34.4 Å². The normalized spacial score (nSPS) is 20.1. The van der Waals surface area contributed by atoms with Crippen LogP contribution in [-0.2, 0) is 14.6 Å². The van der Waals surface area contributed by atoms with Gasteiger partial charge in [0.05, 0.1) is 15.6 Å². The second-order valence-corrected chi connectivity index (χ2v) is 10.3. The van der Waals surface area contributed by atoms with Gasteiger partial charge in [0.1, 0.15) is 5.60 Å². The fourth-order valence-electron chi connectivity index (χ4n) is 3.28. The molecule has 0 aromatic heterocycles. The molecule has 0 radical (unpaired) electrons. The maximum absolute atomic E-state index is 12.5. The van der Waals surface area contributed by atoms with E-state index >= 15 is 0 Å². The lowest BCUT2D eigenvalue weighted by molar-refractivity contribution is -0.384. The monoisotopic (exact) mass is 427 g/mol. The van der Waals surface area contributed by atoms with E-state index in [4.69, 9.17) is 4.74 Å². The van der Waals surface area contributed by atoms with E-state index in [2.05, 4.69) is 10.6 Å². The maximum atomic E-state index is 12.5. The Hall–Kier alpha value is -2.20. The fourth-order valence-corrected chi connectivity index (χ4v) is 4.45. The van der Waals surface area contributed by atoms with Crippen molar-refractivity contribution in [1.82, 2.24) is 10.6 Å². The Balaban J connectivity index is 1.91. The molecule has 9 nitrogen and oxygen atoms in total. The van der Waals surface area contributed by atoms with Crippen LogP contribution in [0.4, 0.5) is 10.5 Å². The van der Waals surface area contributed by atoms with Gasteiger partial charge in [0.25, 0.3) is 5.69 Å². The Morgan fingerprint density at radius 1 is 1.17 bits per heavy atom. The zero-order valence-corrected chi connectivity index (χ0v) is 17.8. The van der Waals surface area contributed by atoms with Crippen LogP contribution in [0.5, 0.6) is 0 Å². The molecular formula is C19H29N3O6S. The standard InChI is InChI=1S/C19H29N3O6S/c1-19(2,3)28-18(23)21-17-7-5-4-6-16(17)20-12-13-29(26,27)15-10-8-14(9-11-15)22(24)25/h8-11,16-17,20H,4-7,12-13H2,1-3H3,(H,21,23)/t16-,17-/m1/s1. The van der Waals surface area contributed by atoms with E-state index in [9.17, 15) is 23.3 Å². The van der Waals surface area contributed by atoms with Crippen molar-refractivity contribution in [2.45, 2.75) is 69.0 Å². The minimum absolute atomic E-state index is 0.0386. The number of alkyl carbamates (subject to hydrolysis) is 1. The quantitative estimate of drug-likeness (QED) is 0.506. The summed E-state index contributed by atoms with van der Waals surface area (Å²) in [7, 11) is -3.57. The predicted molar refractivity (Wildman–Crippen MR) is 109 cm³/mol. The number of nitrogens with zero attached hydrogens (tertiary/aromatic N) is 1. The van der Waals surface area contributed by atoms with Gasteiger partial charge in [-0.15, -0.1) is 0 Å². The van der Waals surface area contributed by atoms with Crippen molar-refractivity contribution in [1.29, 1.82) is 0 Å². The lowest BCUT2D eigenvalue weighted by Crippen LogP contribution is -2.53. The summed E-state index contributed by atoms with van der Waals surface area (Å²) in [5.41, 5.74) is -0.735. The molecule has 1 saturated carbocycles. The number of hydrogen-bond acceptors (Lipinski definition) is 7. The van der Waals surface area contributed by atoms with Gasteiger partial charge in [-0.3, -0.25) is 10.1 Å². The number of nitro groups is 1. The van der Waals surface area contributed by atoms with Crippen LogP contribution in [0.25, 0.3) is 0 Å². The second kappa shape index (κ2) is 9.53. The zero-order valence-electron chi connectivity index (χ0n) is 17.0. The van der Waals surface area contributed by atoms with Crippen LogP contribution in [0, 0.1) is 10.1 Å². The molecule has 1 aliphatic carbocycles. The van der Waals surface area contributed by atoms with E-state index in [0.29, 0.717) is 0 Å². The molecule has 1 fully saturated rings. The molecule has 29 heavy (non-hydrogen) atoms. The van der Waals surface area contributed by atoms with Gasteiger partial charge in [-0.2, -0.15) is 0 Å². The fraction of sp³-hybridized carbons (Fsp3) is 0.632. The van der Waals surface area contributed by atoms with Gasteiger partial charge in [0.15, 0.2) is 9.84 Å². The zero-order chi connectivity index (χ0) is 21.7. The Labute approximate surface area is 171 Å². The van der Waals surface area contributed by atoms with Crippen molar-refractivity contribution in [2.24, 2.45) is 0 Å². The van der Waals surface area contributed by atoms with Crippen molar-refractivity contribution >= 4 is 21.6 Å². The largest absolute Gasteiger partial charge is 0.444 e. The summed E-state index contributed by atoms with van der Waals surface area (Å²) in [6.45, 7) is 5.61. The summed E-state index contributed by atoms with van der Waals surface area (Å²) in [5, 5.41) is 16.8. The molecule has 2 rings (SSSR count). The number of carbonyl (C=O) groups excluding carboxylic acids is 1. The average Bonchev–Trinajstić information content (AvgIpc) is 2.61. The van der Waals surface area contributed by atoms with E-state index < -0.39 is 26.5 Å². The van der Waals surface area contributed by atoms with Gasteiger partial charge >= 0.3 is 6.09 Å². The Kier molecular flexibility index (Phi) is 7.59. The molecule has 0 heterocycles. The van der Waals surface area contributed by atoms with E-state index in [0.717, 1.165) is 25.7 Å². The number of benzene rings is 1. The Morgan fingerprint density at radius 2 is 1.76 bits per heavy atom. The molecule has 1 amide bonds. The molecule has 0 aliphatic heterocycles. The topological polar surface area (TPSA) is 128 Å². The average molecular weight is 428 g/mol. The van der Waals surface area contributed by atoms with Crippen LogP contribution >= 0.6 is 0 Å². The highest BCUT2D eigenvalue weighted by Gasteiger charge is 2.28. The number of hydrogen-bond donors (Lipinski definition) is 2. The number of non-ortho nitro benzene ring substituents is 1. The summed E-state index contributed by atoms with van der Waals surface area (Å²) in [6.07, 6.45) is 3.14. The van der Waals surface area contributed by atoms with Crippen molar-refractivity contribution in [3.8, 4) is 0 Å². The first-order chi connectivity index (χ1) is 13.5. The van der Waals surface area contributed by atoms with Gasteiger partial charge in [-0.1, -0.05) is 12.8 Å². The lowest BCUT2D eigenvalue weighted by atomic mass is 9.90. The molecule has 0 spiro atoms. The number of sulfone groups is 1. The van der Waals surface area contributed by atoms with Crippen molar-refractivity contribution in [2.75, 3.05) is 12.3 Å². The molecule has 1 aromatic carbocycles. The van der Waals surface area contributed by atoms with E-state index in [1.165, 1.54) is 24.3 Å². The highest BCUT2D eigenvalue weighted by Crippen LogP contribution is 2.20. The summed E-state index contributed by atoms with van der Waals surface area (Å²) < 4.78 is 30.3. The predicted octanol–water partition coefficient (Wildman–Crippen LogP) is 2.79. The molecule has 0 saturated heterocycles. The van der Waals surface area contributed by atoms with E-state index in [1.807, 2.05) is 0 Å². The Morgan fingerprint density at radius 3 is 2.31 bits per heavy atom. The van der Waals surface area contributed by atoms with E-state index in [1.54, 1.807) is 20.8 Å². The van der Waals surface area contributed by atoms with Gasteiger partial charge < -0.3 is 15.4 Å². The molecule has 0 unspecified atom stereocenters. The van der Waals surface area contributed by atoms with Crippen molar-refractivity contribution in [3.63, 3.8) is 0 Å². The van der Waals surface area contributed by atoms with Crippen LogP contribution in [0.2, 0.25) is 0 Å². The molecular weight excluding hydrogens is 398 g/mol. The molecule has 2 N–H and O–H groups in total. The summed E-state index contributed by atoms with van der Waals surface area (Å²) in [4.78, 5) is 22.2. The Bertz CT molecular complexity index is 817. The summed E-state index contributed by atoms with van der Waals surface area (Å²) in [6, 6.07) is 4.70. The number of ether oxygens (including phenoxy) is 1. The van der Waals surface area contributed by atoms with Gasteiger partial charge in [-0.25, -0.2) is 13.2 Å². The number of rotatable bonds is 7. The summed E-state index contributed by atoms with van der Waals surface area (Å²) >= 11 is 0. The molecule has 162 valence electrons. The van der Waals surface area contributed by atoms with E-state index in [-0.39, 0.29) is 35.0 Å². The van der Waals surface area contributed by atoms with Crippen molar-refractivity contribution < 1.29 is 22.9 Å². The van der Waals surface area contributed by atoms with Gasteiger partial charge in [-0.05, 0) is 45.7 Å². The second-order valence-electron chi connectivity index (χ2n) is 8.17. The van der Waals surface area contributed by atoms with Gasteiger partial charge in [0.2, 0.25) is 0 Å². The maximum Gasteiger partial charge on any atom is 0.407 e. The first-order valence-corrected chi connectivity index (χ1v) is 11.3. The van der Waals surface area contributed by atoms with Crippen LogP contribution in [-0.4, -0.2) is 49.4 Å². The summed E-state index contributed by atoms with van der Waals surface area (Å²) in [5.74, 6) is -0.138. The van der Waals surface area contributed by atoms with Crippen LogP contribution < -0.4 is 10.6 Å². The number of amides is 1. The SMILES string of the molecule is CC(C)(C)OC(=O)N[C@@H]1CCCC[C@H]1NCCS(=O)(=O)c1ccc([N+](=O)[O-])cc1. The minimum Gasteiger partial charge on any atom is -0.444 e. The highest BCUT2D eigenvalue weighted by atomic mass is 32.2. The lowest BCUT2D eigenvalue weighted by Gasteiger charge is -2.33. The number of nitro benzene ring substituents is 1. The smallest absolute Gasteiger partial charge is 0.407 e. The highest BCUT2D eigenvalue weighted by molar-refractivity contribution is 7.91. The molecule has 2 atom stereocenters. The minimum atomic E-state index is -3.57. The number of carbonyl (C=O) groups is 1. The third-order valence-electron chi connectivity index (χ3n) is 4.65. The molecule has 1 aromatic rings. The first-order valence-electron chi connectivity index (χ1n) is 9.68. The first kappa shape index (κ1) is 23.1. The molecule has 10 heteroatoms. The van der Waals surface area contributed by atoms with Gasteiger partial charge in [0, 0.05) is 30.8 Å². The number of nitrogens with one attached hydrogen (secondary N) is 2. The third-order valence-corrected chi connectivity index (χ3v) is 6.38. The van der Waals surface area contributed by atoms with Crippen LogP contribution in [0.3, 0.4) is 0 Å². The molecule has 1 aliphatic rings. The molecule has 0 bridgehead atoms. The van der Waals surface area contributed by atoms with Crippen LogP contribution in [0.1, 0.15) is 46.5 Å². The third kappa shape index (κ3) is 7.28. The van der Waals surface area contributed by atoms with Crippen LogP contribution in [0.15, 0.2) is 29.2 Å².